The van der Waals surface area contributed by atoms with Gasteiger partial charge in [-0.15, -0.1) is 0 Å². The van der Waals surface area contributed by atoms with Crippen LogP contribution < -0.4 is 5.32 Å². The van der Waals surface area contributed by atoms with E-state index in [9.17, 15) is 4.79 Å². The maximum atomic E-state index is 11.5. The van der Waals surface area contributed by atoms with Gasteiger partial charge in [-0.05, 0) is 19.4 Å². The molecule has 0 bridgehead atoms. The molecule has 0 aliphatic heterocycles. The number of hydrogen-bond donors (Lipinski definition) is 2. The zero-order valence-corrected chi connectivity index (χ0v) is 19.7. The molecule has 0 aromatic carbocycles. The van der Waals surface area contributed by atoms with Gasteiger partial charge in [-0.1, -0.05) is 59.8 Å². The number of carbonyl (C=O) groups excluding carboxylic acids is 1. The van der Waals surface area contributed by atoms with Gasteiger partial charge in [-0.25, -0.2) is 0 Å². The number of aliphatic hydroxyl groups is 1. The number of hydrogen-bond acceptors (Lipinski definition) is 6. The fourth-order valence-electron chi connectivity index (χ4n) is 2.42. The van der Waals surface area contributed by atoms with Crippen LogP contribution in [0.15, 0.2) is 0 Å². The summed E-state index contributed by atoms with van der Waals surface area (Å²) in [7, 11) is 0. The van der Waals surface area contributed by atoms with Crippen LogP contribution in [0, 0.1) is 5.92 Å². The standard InChI is InChI=1S/C20H41NO5.C3H8.H2/c1-19(2)20(23)9-7-5-3-4-6-8-10-21-11-13-24-15-17-26-18-16-25-14-12-22;1-3-2;/h19,21-22H,3-18H2,1-2H3;3H2,1-2H3;1H. The van der Waals surface area contributed by atoms with Crippen LogP contribution in [0.1, 0.15) is 80.5 Å². The minimum atomic E-state index is 0. The highest BCUT2D eigenvalue weighted by Gasteiger charge is 2.05. The van der Waals surface area contributed by atoms with E-state index < -0.39 is 0 Å². The molecule has 0 unspecified atom stereocenters. The van der Waals surface area contributed by atoms with Crippen LogP contribution in [0.4, 0.5) is 0 Å². The van der Waals surface area contributed by atoms with E-state index in [0.717, 1.165) is 25.9 Å². The molecule has 0 radical (unpaired) electrons. The smallest absolute Gasteiger partial charge is 0.135 e. The maximum absolute atomic E-state index is 11.5. The third-order valence-electron chi connectivity index (χ3n) is 4.07. The van der Waals surface area contributed by atoms with Gasteiger partial charge in [0.15, 0.2) is 0 Å². The Bertz CT molecular complexity index is 320. The number of nitrogens with one attached hydrogen (secondary N) is 1. The van der Waals surface area contributed by atoms with Gasteiger partial charge >= 0.3 is 0 Å². The Kier molecular flexibility index (Phi) is 29.0. The molecule has 0 saturated carbocycles. The van der Waals surface area contributed by atoms with E-state index in [2.05, 4.69) is 19.2 Å². The Morgan fingerprint density at radius 3 is 1.83 bits per heavy atom. The molecule has 0 rings (SSSR count). The summed E-state index contributed by atoms with van der Waals surface area (Å²) in [4.78, 5) is 11.5. The summed E-state index contributed by atoms with van der Waals surface area (Å²) in [6.45, 7) is 13.5. The number of rotatable bonds is 21. The lowest BCUT2D eigenvalue weighted by atomic mass is 10.0. The van der Waals surface area contributed by atoms with Gasteiger partial charge in [0.1, 0.15) is 5.78 Å². The van der Waals surface area contributed by atoms with E-state index in [1.807, 2.05) is 13.8 Å². The lowest BCUT2D eigenvalue weighted by Gasteiger charge is -2.07. The van der Waals surface area contributed by atoms with Crippen molar-refractivity contribution in [1.82, 2.24) is 5.32 Å². The first-order valence-corrected chi connectivity index (χ1v) is 11.7. The average molecular weight is 422 g/mol. The highest BCUT2D eigenvalue weighted by Crippen LogP contribution is 2.09. The summed E-state index contributed by atoms with van der Waals surface area (Å²) in [5, 5.41) is 11.9. The predicted molar refractivity (Wildman–Crippen MR) is 123 cm³/mol. The van der Waals surface area contributed by atoms with Crippen LogP contribution >= 0.6 is 0 Å². The Hall–Kier alpha value is -0.530. The van der Waals surface area contributed by atoms with Crippen LogP contribution in [-0.4, -0.2) is 70.2 Å². The average Bonchev–Trinajstić information content (AvgIpc) is 2.70. The summed E-state index contributed by atoms with van der Waals surface area (Å²) in [6, 6.07) is 0. The fourth-order valence-corrected chi connectivity index (χ4v) is 2.42. The molecule has 0 aromatic rings. The van der Waals surface area contributed by atoms with E-state index in [1.54, 1.807) is 0 Å². The van der Waals surface area contributed by atoms with Crippen LogP contribution in [0.5, 0.6) is 0 Å². The fraction of sp³-hybridized carbons (Fsp3) is 0.957. The van der Waals surface area contributed by atoms with Crippen molar-refractivity contribution in [2.45, 2.75) is 79.1 Å². The van der Waals surface area contributed by atoms with Gasteiger partial charge in [-0.3, -0.25) is 4.79 Å². The second kappa shape index (κ2) is 27.5. The third-order valence-corrected chi connectivity index (χ3v) is 4.07. The van der Waals surface area contributed by atoms with Crippen molar-refractivity contribution in [3.05, 3.63) is 0 Å². The van der Waals surface area contributed by atoms with Crippen molar-refractivity contribution < 1.29 is 25.5 Å². The monoisotopic (exact) mass is 421 g/mol. The largest absolute Gasteiger partial charge is 0.394 e. The zero-order chi connectivity index (χ0) is 22.0. The Balaban J connectivity index is -0.00000171. The second-order valence-corrected chi connectivity index (χ2v) is 7.51. The third kappa shape index (κ3) is 29.8. The van der Waals surface area contributed by atoms with Crippen molar-refractivity contribution in [3.63, 3.8) is 0 Å². The van der Waals surface area contributed by atoms with Gasteiger partial charge in [0, 0.05) is 20.3 Å². The highest BCUT2D eigenvalue weighted by molar-refractivity contribution is 5.80. The van der Waals surface area contributed by atoms with Gasteiger partial charge in [0.05, 0.1) is 46.2 Å². The molecule has 178 valence electrons. The molecule has 29 heavy (non-hydrogen) atoms. The molecule has 0 fully saturated rings. The number of Topliss-reactive ketones (excluding diaryl/α,β-unsaturated/α-hetero) is 1. The van der Waals surface area contributed by atoms with Crippen molar-refractivity contribution >= 4 is 5.78 Å². The van der Waals surface area contributed by atoms with Crippen LogP contribution in [0.25, 0.3) is 0 Å². The molecule has 6 nitrogen and oxygen atoms in total. The molecule has 0 aliphatic rings. The minimum Gasteiger partial charge on any atom is -0.394 e. The molecule has 6 heteroatoms. The zero-order valence-electron chi connectivity index (χ0n) is 19.7. The van der Waals surface area contributed by atoms with E-state index in [4.69, 9.17) is 19.3 Å². The van der Waals surface area contributed by atoms with Crippen molar-refractivity contribution in [2.24, 2.45) is 5.92 Å². The van der Waals surface area contributed by atoms with E-state index in [0.29, 0.717) is 45.4 Å². The minimum absolute atomic E-state index is 0. The van der Waals surface area contributed by atoms with Gasteiger partial charge in [0.25, 0.3) is 0 Å². The Labute approximate surface area is 181 Å². The molecule has 0 saturated heterocycles. The summed E-state index contributed by atoms with van der Waals surface area (Å²) in [6.07, 6.45) is 9.16. The van der Waals surface area contributed by atoms with Crippen LogP contribution in [-0.2, 0) is 19.0 Å². The SMILES string of the molecule is CC(C)C(=O)CCCCCCCCNCCOCCOCCOCCO.CCC.[HH]. The second-order valence-electron chi connectivity index (χ2n) is 7.51. The normalized spacial score (nSPS) is 10.8. The molecular formula is C23H51NO5. The first kappa shape index (κ1) is 30.7. The lowest BCUT2D eigenvalue weighted by molar-refractivity contribution is -0.122. The molecule has 0 aliphatic carbocycles. The number of ether oxygens (including phenoxy) is 3. The van der Waals surface area contributed by atoms with Gasteiger partial charge < -0.3 is 24.6 Å². The van der Waals surface area contributed by atoms with E-state index in [-0.39, 0.29) is 14.0 Å². The maximum Gasteiger partial charge on any atom is 0.135 e. The summed E-state index contributed by atoms with van der Waals surface area (Å²) in [5.74, 6) is 0.588. The molecule has 0 heterocycles. The first-order valence-electron chi connectivity index (χ1n) is 11.7. The van der Waals surface area contributed by atoms with Crippen LogP contribution in [0.3, 0.4) is 0 Å². The number of carbonyl (C=O) groups is 1. The molecule has 0 atom stereocenters. The van der Waals surface area contributed by atoms with Crippen molar-refractivity contribution in [2.75, 3.05) is 59.3 Å². The quantitative estimate of drug-likeness (QED) is 0.270. The topological polar surface area (TPSA) is 77.0 Å². The van der Waals surface area contributed by atoms with Crippen LogP contribution in [0.2, 0.25) is 0 Å². The lowest BCUT2D eigenvalue weighted by Crippen LogP contribution is -2.21. The number of unbranched alkanes of at least 4 members (excludes halogenated alkanes) is 5. The summed E-state index contributed by atoms with van der Waals surface area (Å²) in [5.41, 5.74) is 0. The predicted octanol–water partition coefficient (Wildman–Crippen LogP) is 4.24. The first-order chi connectivity index (χ1) is 14.1. The molecule has 0 spiro atoms. The van der Waals surface area contributed by atoms with Crippen molar-refractivity contribution in [1.29, 1.82) is 0 Å². The molecule has 2 N–H and O–H groups in total. The Morgan fingerprint density at radius 1 is 0.793 bits per heavy atom. The van der Waals surface area contributed by atoms with Gasteiger partial charge in [0.2, 0.25) is 0 Å². The molecule has 0 aromatic heterocycles. The molecular weight excluding hydrogens is 370 g/mol. The van der Waals surface area contributed by atoms with E-state index >= 15 is 0 Å². The Morgan fingerprint density at radius 2 is 1.28 bits per heavy atom. The number of aliphatic hydroxyl groups excluding tert-OH is 1. The van der Waals surface area contributed by atoms with Gasteiger partial charge in [-0.2, -0.15) is 0 Å². The summed E-state index contributed by atoms with van der Waals surface area (Å²) < 4.78 is 15.9. The number of ketones is 1. The summed E-state index contributed by atoms with van der Waals surface area (Å²) >= 11 is 0. The van der Waals surface area contributed by atoms with Crippen molar-refractivity contribution in [3.8, 4) is 0 Å². The van der Waals surface area contributed by atoms with E-state index in [1.165, 1.54) is 38.5 Å². The molecule has 0 amide bonds. The highest BCUT2D eigenvalue weighted by atomic mass is 16.5.